The summed E-state index contributed by atoms with van der Waals surface area (Å²) in [6.07, 6.45) is 0.0148. The molecular weight excluding hydrogens is 232 g/mol. The first-order valence-corrected chi connectivity index (χ1v) is 6.01. The number of carbonyl (C=O) groups excluding carboxylic acids is 2. The quantitative estimate of drug-likeness (QED) is 0.782. The van der Waals surface area contributed by atoms with Gasteiger partial charge in [0.15, 0.2) is 5.60 Å². The van der Waals surface area contributed by atoms with Gasteiger partial charge in [0, 0.05) is 6.42 Å². The third-order valence-electron chi connectivity index (χ3n) is 2.71. The fourth-order valence-electron chi connectivity index (χ4n) is 1.67. The Morgan fingerprint density at radius 1 is 1.22 bits per heavy atom. The van der Waals surface area contributed by atoms with Gasteiger partial charge in [0.05, 0.1) is 13.0 Å². The molecule has 0 spiro atoms. The van der Waals surface area contributed by atoms with E-state index < -0.39 is 11.6 Å². The van der Waals surface area contributed by atoms with Gasteiger partial charge in [-0.25, -0.2) is 4.79 Å². The number of hydrogen-bond donors (Lipinski definition) is 1. The zero-order valence-corrected chi connectivity index (χ0v) is 10.7. The average Bonchev–Trinajstić information content (AvgIpc) is 2.39. The maximum absolute atomic E-state index is 11.9. The first-order valence-electron chi connectivity index (χ1n) is 6.01. The summed E-state index contributed by atoms with van der Waals surface area (Å²) >= 11 is 0. The van der Waals surface area contributed by atoms with E-state index in [1.807, 2.05) is 0 Å². The van der Waals surface area contributed by atoms with E-state index in [9.17, 15) is 14.7 Å². The van der Waals surface area contributed by atoms with Crippen molar-refractivity contribution in [1.29, 1.82) is 0 Å². The number of ether oxygens (including phenoxy) is 1. The maximum atomic E-state index is 11.9. The smallest absolute Gasteiger partial charge is 0.343 e. The van der Waals surface area contributed by atoms with E-state index in [0.29, 0.717) is 5.56 Å². The summed E-state index contributed by atoms with van der Waals surface area (Å²) in [7, 11) is 0. The van der Waals surface area contributed by atoms with Crippen LogP contribution >= 0.6 is 0 Å². The van der Waals surface area contributed by atoms with E-state index in [4.69, 9.17) is 4.74 Å². The molecule has 0 radical (unpaired) electrons. The number of benzene rings is 1. The van der Waals surface area contributed by atoms with Crippen LogP contribution in [0.1, 0.15) is 32.3 Å². The molecule has 98 valence electrons. The fourth-order valence-corrected chi connectivity index (χ4v) is 1.67. The van der Waals surface area contributed by atoms with Crippen molar-refractivity contribution in [2.75, 3.05) is 6.61 Å². The summed E-state index contributed by atoms with van der Waals surface area (Å²) < 4.78 is 4.87. The van der Waals surface area contributed by atoms with Crippen LogP contribution in [0.5, 0.6) is 0 Å². The summed E-state index contributed by atoms with van der Waals surface area (Å²) in [4.78, 5) is 23.4. The second-order valence-electron chi connectivity index (χ2n) is 4.02. The van der Waals surface area contributed by atoms with Gasteiger partial charge in [-0.2, -0.15) is 0 Å². The van der Waals surface area contributed by atoms with Crippen molar-refractivity contribution in [2.45, 2.75) is 32.3 Å². The minimum Gasteiger partial charge on any atom is -0.464 e. The highest BCUT2D eigenvalue weighted by Crippen LogP contribution is 2.27. The summed E-state index contributed by atoms with van der Waals surface area (Å²) in [5.74, 6) is -0.965. The Hall–Kier alpha value is -1.68. The van der Waals surface area contributed by atoms with Gasteiger partial charge in [0.1, 0.15) is 5.78 Å². The number of Topliss-reactive ketones (excluding diaryl/α,β-unsaturated/α-hetero) is 1. The van der Waals surface area contributed by atoms with E-state index in [1.54, 1.807) is 44.2 Å². The molecule has 0 aliphatic rings. The van der Waals surface area contributed by atoms with E-state index >= 15 is 0 Å². The Kier molecular flexibility index (Phi) is 5.04. The number of rotatable bonds is 6. The third-order valence-corrected chi connectivity index (χ3v) is 2.71. The lowest BCUT2D eigenvalue weighted by atomic mass is 9.88. The van der Waals surface area contributed by atoms with Crippen LogP contribution in [-0.4, -0.2) is 23.5 Å². The molecule has 4 nitrogen and oxygen atoms in total. The Bertz CT molecular complexity index is 413. The number of aliphatic hydroxyl groups is 1. The molecule has 1 unspecified atom stereocenters. The van der Waals surface area contributed by atoms with Gasteiger partial charge in [0.25, 0.3) is 0 Å². The minimum absolute atomic E-state index is 0.161. The highest BCUT2D eigenvalue weighted by atomic mass is 16.5. The molecule has 0 aliphatic heterocycles. The Labute approximate surface area is 107 Å². The monoisotopic (exact) mass is 250 g/mol. The maximum Gasteiger partial charge on any atom is 0.343 e. The fraction of sp³-hybridized carbons (Fsp3) is 0.429. The second-order valence-corrected chi connectivity index (χ2v) is 4.02. The van der Waals surface area contributed by atoms with Crippen molar-refractivity contribution in [2.24, 2.45) is 0 Å². The lowest BCUT2D eigenvalue weighted by Gasteiger charge is -2.25. The van der Waals surface area contributed by atoms with Crippen molar-refractivity contribution < 1.29 is 19.4 Å². The zero-order chi connectivity index (χ0) is 13.6. The van der Waals surface area contributed by atoms with Crippen molar-refractivity contribution in [3.63, 3.8) is 0 Å². The van der Waals surface area contributed by atoms with Crippen molar-refractivity contribution in [1.82, 2.24) is 0 Å². The van der Waals surface area contributed by atoms with Crippen molar-refractivity contribution in [3.05, 3.63) is 35.9 Å². The van der Waals surface area contributed by atoms with E-state index in [1.165, 1.54) is 0 Å². The lowest BCUT2D eigenvalue weighted by Crippen LogP contribution is -2.39. The van der Waals surface area contributed by atoms with Gasteiger partial charge in [-0.1, -0.05) is 37.3 Å². The first-order chi connectivity index (χ1) is 8.54. The molecule has 0 saturated carbocycles. The third kappa shape index (κ3) is 3.17. The number of carbonyl (C=O) groups is 2. The Morgan fingerprint density at radius 3 is 2.33 bits per heavy atom. The molecule has 0 saturated heterocycles. The molecule has 0 fully saturated rings. The summed E-state index contributed by atoms with van der Waals surface area (Å²) in [6.45, 7) is 3.51. The van der Waals surface area contributed by atoms with E-state index in [0.717, 1.165) is 0 Å². The van der Waals surface area contributed by atoms with E-state index in [2.05, 4.69) is 0 Å². The van der Waals surface area contributed by atoms with Crippen LogP contribution in [0.25, 0.3) is 0 Å². The van der Waals surface area contributed by atoms with Crippen molar-refractivity contribution >= 4 is 11.8 Å². The van der Waals surface area contributed by atoms with Gasteiger partial charge < -0.3 is 9.84 Å². The van der Waals surface area contributed by atoms with Crippen molar-refractivity contribution in [3.8, 4) is 0 Å². The molecule has 1 N–H and O–H groups in total. The van der Waals surface area contributed by atoms with Crippen LogP contribution in [0.15, 0.2) is 30.3 Å². The first kappa shape index (κ1) is 14.4. The van der Waals surface area contributed by atoms with Crippen LogP contribution < -0.4 is 0 Å². The predicted octanol–water partition coefficient (Wildman–Crippen LogP) is 1.81. The van der Waals surface area contributed by atoms with Gasteiger partial charge >= 0.3 is 5.97 Å². The molecule has 0 aliphatic carbocycles. The van der Waals surface area contributed by atoms with Crippen LogP contribution in [0, 0.1) is 0 Å². The van der Waals surface area contributed by atoms with Crippen LogP contribution in [0.4, 0.5) is 0 Å². The minimum atomic E-state index is -1.88. The Balaban J connectivity index is 3.08. The van der Waals surface area contributed by atoms with Gasteiger partial charge in [-0.05, 0) is 12.5 Å². The largest absolute Gasteiger partial charge is 0.464 e. The topological polar surface area (TPSA) is 63.6 Å². The molecule has 4 heteroatoms. The summed E-state index contributed by atoms with van der Waals surface area (Å²) in [5.41, 5.74) is -1.50. The van der Waals surface area contributed by atoms with Crippen LogP contribution in [-0.2, 0) is 19.9 Å². The highest BCUT2D eigenvalue weighted by molar-refractivity contribution is 5.89. The number of ketones is 1. The summed E-state index contributed by atoms with van der Waals surface area (Å²) in [5, 5.41) is 10.5. The molecular formula is C14H18O4. The zero-order valence-electron chi connectivity index (χ0n) is 10.7. The molecule has 1 aromatic rings. The molecule has 0 heterocycles. The second kappa shape index (κ2) is 6.31. The molecule has 0 bridgehead atoms. The molecule has 1 atom stereocenters. The van der Waals surface area contributed by atoms with Gasteiger partial charge in [0.2, 0.25) is 0 Å². The van der Waals surface area contributed by atoms with Gasteiger partial charge in [-0.15, -0.1) is 0 Å². The van der Waals surface area contributed by atoms with E-state index in [-0.39, 0.29) is 25.2 Å². The highest BCUT2D eigenvalue weighted by Gasteiger charge is 2.41. The molecule has 0 aromatic heterocycles. The predicted molar refractivity (Wildman–Crippen MR) is 66.9 cm³/mol. The van der Waals surface area contributed by atoms with Crippen LogP contribution in [0.3, 0.4) is 0 Å². The SMILES string of the molecule is CCOC(=O)C(O)(CC(=O)CC)c1ccccc1. The lowest BCUT2D eigenvalue weighted by molar-refractivity contribution is -0.168. The average molecular weight is 250 g/mol. The van der Waals surface area contributed by atoms with Gasteiger partial charge in [-0.3, -0.25) is 4.79 Å². The molecule has 1 aromatic carbocycles. The van der Waals surface area contributed by atoms with Crippen LogP contribution in [0.2, 0.25) is 0 Å². The summed E-state index contributed by atoms with van der Waals surface area (Å²) in [6, 6.07) is 8.41. The number of hydrogen-bond acceptors (Lipinski definition) is 4. The molecule has 1 rings (SSSR count). The number of esters is 1. The molecule has 0 amide bonds. The normalized spacial score (nSPS) is 13.7. The molecule has 18 heavy (non-hydrogen) atoms. The Morgan fingerprint density at radius 2 is 1.83 bits per heavy atom. The standard InChI is InChI=1S/C14H18O4/c1-3-12(15)10-14(17,13(16)18-4-2)11-8-6-5-7-9-11/h5-9,17H,3-4,10H2,1-2H3.